The Morgan fingerprint density at radius 3 is 2.56 bits per heavy atom. The summed E-state index contributed by atoms with van der Waals surface area (Å²) in [5.41, 5.74) is 5.70. The zero-order chi connectivity index (χ0) is 24.5. The number of pyridine rings is 1. The van der Waals surface area contributed by atoms with Crippen LogP contribution < -0.4 is 11.3 Å². The molecule has 9 nitrogen and oxygen atoms in total. The van der Waals surface area contributed by atoms with Crippen molar-refractivity contribution in [2.24, 2.45) is 11.7 Å². The minimum absolute atomic E-state index is 0.0140. The number of carbonyl (C=O) groups excluding carboxylic acids is 2. The van der Waals surface area contributed by atoms with Crippen molar-refractivity contribution in [2.45, 2.75) is 55.9 Å². The molecule has 180 valence electrons. The summed E-state index contributed by atoms with van der Waals surface area (Å²) in [6.07, 6.45) is 9.55. The Bertz CT molecular complexity index is 1390. The van der Waals surface area contributed by atoms with E-state index in [0.29, 0.717) is 18.0 Å². The molecule has 2 N–H and O–H groups in total. The summed E-state index contributed by atoms with van der Waals surface area (Å²) in [7, 11) is -3.53. The fraction of sp³-hybridized carbons (Fsp3) is 0.435. The van der Waals surface area contributed by atoms with Gasteiger partial charge in [0.25, 0.3) is 5.56 Å². The van der Waals surface area contributed by atoms with Gasteiger partial charge in [0.05, 0.1) is 24.4 Å². The molecule has 3 aromatic heterocycles. The average molecular weight is 503 g/mol. The largest absolute Gasteiger partial charge is 0.366 e. The molecule has 0 spiro atoms. The lowest BCUT2D eigenvalue weighted by atomic mass is 9.83. The molecule has 1 unspecified atom stereocenters. The normalized spacial score (nSPS) is 15.9. The molecule has 34 heavy (non-hydrogen) atoms. The van der Waals surface area contributed by atoms with Gasteiger partial charge in [-0.3, -0.25) is 23.9 Å². The number of Topliss-reactive ketones (excluding diaryl/α,β-unsaturated/α-hetero) is 1. The van der Waals surface area contributed by atoms with Crippen LogP contribution >= 0.6 is 11.3 Å². The Labute approximate surface area is 201 Å². The van der Waals surface area contributed by atoms with E-state index in [0.717, 1.165) is 43.3 Å². The number of primary amides is 1. The number of hydrogen-bond donors (Lipinski definition) is 1. The molecular weight excluding hydrogens is 476 g/mol. The first-order valence-electron chi connectivity index (χ1n) is 11.1. The number of amides is 1. The summed E-state index contributed by atoms with van der Waals surface area (Å²) in [5, 5.41) is 1.42. The zero-order valence-electron chi connectivity index (χ0n) is 18.8. The maximum Gasteiger partial charge on any atom is 0.272 e. The first-order valence-corrected chi connectivity index (χ1v) is 13.9. The third-order valence-corrected chi connectivity index (χ3v) is 8.54. The van der Waals surface area contributed by atoms with Gasteiger partial charge in [-0.1, -0.05) is 32.1 Å². The van der Waals surface area contributed by atoms with Crippen LogP contribution in [0.25, 0.3) is 10.2 Å². The van der Waals surface area contributed by atoms with Crippen molar-refractivity contribution < 1.29 is 18.0 Å². The van der Waals surface area contributed by atoms with Gasteiger partial charge in [-0.25, -0.2) is 13.4 Å². The van der Waals surface area contributed by atoms with Crippen LogP contribution in [-0.2, 0) is 21.1 Å². The van der Waals surface area contributed by atoms with Crippen LogP contribution in [0, 0.1) is 5.92 Å². The lowest BCUT2D eigenvalue weighted by Crippen LogP contribution is -2.33. The van der Waals surface area contributed by atoms with Crippen molar-refractivity contribution in [3.05, 3.63) is 51.6 Å². The molecule has 0 aliphatic heterocycles. The first kappa shape index (κ1) is 24.2. The highest BCUT2D eigenvalue weighted by atomic mass is 32.2. The highest BCUT2D eigenvalue weighted by Gasteiger charge is 2.28. The minimum Gasteiger partial charge on any atom is -0.366 e. The fourth-order valence-corrected chi connectivity index (χ4v) is 6.73. The topological polar surface area (TPSA) is 142 Å². The molecule has 11 heteroatoms. The quantitative estimate of drug-likeness (QED) is 0.499. The third-order valence-electron chi connectivity index (χ3n) is 6.33. The van der Waals surface area contributed by atoms with Gasteiger partial charge in [0.2, 0.25) is 5.91 Å². The predicted octanol–water partition coefficient (Wildman–Crippen LogP) is 2.68. The van der Waals surface area contributed by atoms with E-state index in [1.54, 1.807) is 6.07 Å². The molecule has 1 aliphatic rings. The Kier molecular flexibility index (Phi) is 6.94. The number of nitrogens with two attached hydrogens (primary N) is 1. The maximum atomic E-state index is 13.4. The summed E-state index contributed by atoms with van der Waals surface area (Å²) in [5.74, 6) is -0.477. The number of fused-ring (bicyclic) bond motifs is 1. The van der Waals surface area contributed by atoms with Crippen LogP contribution in [0.2, 0.25) is 0 Å². The molecule has 1 fully saturated rings. The molecule has 1 saturated carbocycles. The van der Waals surface area contributed by atoms with E-state index in [9.17, 15) is 22.8 Å². The SMILES string of the molecule is CS(=O)(=O)c1csc2c(=O)n(C(CC3CCCCC3)C(=O)Cc3ccc(C(N)=O)cn3)cnc12. The van der Waals surface area contributed by atoms with Gasteiger partial charge in [0, 0.05) is 23.5 Å². The van der Waals surface area contributed by atoms with Crippen LogP contribution in [-0.4, -0.2) is 40.9 Å². The molecule has 0 aromatic carbocycles. The molecule has 0 saturated heterocycles. The summed E-state index contributed by atoms with van der Waals surface area (Å²) in [4.78, 5) is 46.6. The molecule has 0 bridgehead atoms. The third kappa shape index (κ3) is 5.10. The monoisotopic (exact) mass is 502 g/mol. The molecule has 3 heterocycles. The van der Waals surface area contributed by atoms with Crippen molar-refractivity contribution in [1.82, 2.24) is 14.5 Å². The number of ketones is 1. The van der Waals surface area contributed by atoms with Gasteiger partial charge in [-0.15, -0.1) is 11.3 Å². The number of sulfone groups is 1. The van der Waals surface area contributed by atoms with Crippen molar-refractivity contribution in [3.63, 3.8) is 0 Å². The van der Waals surface area contributed by atoms with Gasteiger partial charge >= 0.3 is 0 Å². The molecular formula is C23H26N4O5S2. The number of rotatable bonds is 8. The van der Waals surface area contributed by atoms with Crippen LogP contribution in [0.3, 0.4) is 0 Å². The van der Waals surface area contributed by atoms with E-state index >= 15 is 0 Å². The fourth-order valence-electron chi connectivity index (χ4n) is 4.49. The van der Waals surface area contributed by atoms with E-state index in [1.165, 1.54) is 35.0 Å². The van der Waals surface area contributed by atoms with Gasteiger partial charge in [0.15, 0.2) is 15.6 Å². The Hall–Kier alpha value is -2.92. The molecule has 3 aromatic rings. The molecule has 1 atom stereocenters. The summed E-state index contributed by atoms with van der Waals surface area (Å²) in [6.45, 7) is 0. The van der Waals surface area contributed by atoms with E-state index in [1.807, 2.05) is 0 Å². The first-order chi connectivity index (χ1) is 16.1. The average Bonchev–Trinajstić information content (AvgIpc) is 3.25. The van der Waals surface area contributed by atoms with E-state index < -0.39 is 27.3 Å². The number of hydrogen-bond acceptors (Lipinski definition) is 8. The molecule has 0 radical (unpaired) electrons. The van der Waals surface area contributed by atoms with E-state index in [-0.39, 0.29) is 32.9 Å². The Morgan fingerprint density at radius 2 is 1.94 bits per heavy atom. The number of nitrogens with zero attached hydrogens (tertiary/aromatic N) is 3. The second-order valence-corrected chi connectivity index (χ2v) is 11.7. The predicted molar refractivity (Wildman–Crippen MR) is 129 cm³/mol. The van der Waals surface area contributed by atoms with Crippen LogP contribution in [0.1, 0.15) is 60.6 Å². The standard InChI is InChI=1S/C23H26N4O5S2/c1-34(31,32)19-12-33-21-20(19)26-13-27(23(21)30)17(9-14-5-3-2-4-6-14)18(28)10-16-8-7-15(11-25-16)22(24)29/h7-8,11-14,17H,2-6,9-10H2,1H3,(H2,24,29). The molecule has 4 rings (SSSR count). The molecule has 1 amide bonds. The second kappa shape index (κ2) is 9.75. The second-order valence-electron chi connectivity index (χ2n) is 8.81. The smallest absolute Gasteiger partial charge is 0.272 e. The lowest BCUT2D eigenvalue weighted by Gasteiger charge is -2.27. The molecule has 1 aliphatic carbocycles. The van der Waals surface area contributed by atoms with Gasteiger partial charge in [0.1, 0.15) is 15.1 Å². The summed E-state index contributed by atoms with van der Waals surface area (Å²) >= 11 is 1.02. The maximum absolute atomic E-state index is 13.4. The summed E-state index contributed by atoms with van der Waals surface area (Å²) < 4.78 is 25.7. The van der Waals surface area contributed by atoms with E-state index in [4.69, 9.17) is 5.73 Å². The van der Waals surface area contributed by atoms with Gasteiger partial charge in [-0.2, -0.15) is 0 Å². The highest BCUT2D eigenvalue weighted by Crippen LogP contribution is 2.32. The van der Waals surface area contributed by atoms with Gasteiger partial charge in [-0.05, 0) is 24.5 Å². The summed E-state index contributed by atoms with van der Waals surface area (Å²) in [6, 6.07) is 2.36. The van der Waals surface area contributed by atoms with Crippen LogP contribution in [0.15, 0.2) is 39.7 Å². The number of aromatic nitrogens is 3. The Balaban J connectivity index is 1.70. The van der Waals surface area contributed by atoms with Crippen LogP contribution in [0.5, 0.6) is 0 Å². The minimum atomic E-state index is -3.53. The lowest BCUT2D eigenvalue weighted by molar-refractivity contribution is -0.122. The van der Waals surface area contributed by atoms with Gasteiger partial charge < -0.3 is 5.73 Å². The zero-order valence-corrected chi connectivity index (χ0v) is 20.4. The van der Waals surface area contributed by atoms with Crippen molar-refractivity contribution in [2.75, 3.05) is 6.26 Å². The van der Waals surface area contributed by atoms with Crippen molar-refractivity contribution >= 4 is 43.1 Å². The number of thiophene rings is 1. The number of carbonyl (C=O) groups is 2. The van der Waals surface area contributed by atoms with Crippen LogP contribution in [0.4, 0.5) is 0 Å². The van der Waals surface area contributed by atoms with Crippen molar-refractivity contribution in [3.8, 4) is 0 Å². The Morgan fingerprint density at radius 1 is 1.21 bits per heavy atom. The van der Waals surface area contributed by atoms with Crippen molar-refractivity contribution in [1.29, 1.82) is 0 Å². The highest BCUT2D eigenvalue weighted by molar-refractivity contribution is 7.91. The van der Waals surface area contributed by atoms with E-state index in [2.05, 4.69) is 9.97 Å².